The fourth-order valence-electron chi connectivity index (χ4n) is 4.50. The van der Waals surface area contributed by atoms with Crippen molar-refractivity contribution in [2.75, 3.05) is 24.2 Å². The van der Waals surface area contributed by atoms with Gasteiger partial charge >= 0.3 is 0 Å². The van der Waals surface area contributed by atoms with Gasteiger partial charge in [0.25, 0.3) is 0 Å². The molecule has 202 valence electrons. The molecule has 8 nitrogen and oxygen atoms in total. The van der Waals surface area contributed by atoms with Gasteiger partial charge in [-0.05, 0) is 55.2 Å². The van der Waals surface area contributed by atoms with Gasteiger partial charge in [-0.2, -0.15) is 0 Å². The van der Waals surface area contributed by atoms with Gasteiger partial charge in [-0.1, -0.05) is 55.1 Å². The highest BCUT2D eigenvalue weighted by atomic mass is 35.5. The molecule has 0 radical (unpaired) electrons. The summed E-state index contributed by atoms with van der Waals surface area (Å²) < 4.78 is 31.6. The van der Waals surface area contributed by atoms with Crippen molar-refractivity contribution in [3.05, 3.63) is 58.1 Å². The number of amides is 2. The average Bonchev–Trinajstić information content (AvgIpc) is 3.35. The molecule has 0 saturated heterocycles. The standard InChI is InChI=1S/C26H33Cl2N3O5S/c1-4-23(26(33)29-20-7-5-6-8-20)30(16-18-9-11-19(27)12-10-18)25(32)17-31(37(3,34)35)21-13-14-24(36-2)22(28)15-21/h9-15,20,23H,4-8,16-17H2,1-3H3,(H,29,33)/t23-/m0/s1. The lowest BCUT2D eigenvalue weighted by molar-refractivity contribution is -0.140. The number of hydrogen-bond donors (Lipinski definition) is 1. The lowest BCUT2D eigenvalue weighted by Crippen LogP contribution is -2.53. The number of rotatable bonds is 11. The van der Waals surface area contributed by atoms with Gasteiger partial charge in [-0.3, -0.25) is 13.9 Å². The zero-order valence-electron chi connectivity index (χ0n) is 21.2. The number of halogens is 2. The van der Waals surface area contributed by atoms with Gasteiger partial charge in [0.05, 0.1) is 24.1 Å². The van der Waals surface area contributed by atoms with E-state index < -0.39 is 28.5 Å². The lowest BCUT2D eigenvalue weighted by atomic mass is 10.1. The Morgan fingerprint density at radius 2 is 1.76 bits per heavy atom. The summed E-state index contributed by atoms with van der Waals surface area (Å²) in [7, 11) is -2.41. The van der Waals surface area contributed by atoms with Crippen molar-refractivity contribution >= 4 is 50.7 Å². The van der Waals surface area contributed by atoms with E-state index in [0.717, 1.165) is 41.8 Å². The maximum absolute atomic E-state index is 13.8. The molecule has 37 heavy (non-hydrogen) atoms. The first-order valence-corrected chi connectivity index (χ1v) is 14.8. The quantitative estimate of drug-likeness (QED) is 0.425. The summed E-state index contributed by atoms with van der Waals surface area (Å²) in [5, 5.41) is 3.84. The second-order valence-corrected chi connectivity index (χ2v) is 11.9. The number of hydrogen-bond acceptors (Lipinski definition) is 5. The Balaban J connectivity index is 1.93. The monoisotopic (exact) mass is 569 g/mol. The maximum Gasteiger partial charge on any atom is 0.244 e. The molecule has 1 aliphatic rings. The molecule has 0 aromatic heterocycles. The van der Waals surface area contributed by atoms with E-state index in [4.69, 9.17) is 27.9 Å². The van der Waals surface area contributed by atoms with E-state index >= 15 is 0 Å². The summed E-state index contributed by atoms with van der Waals surface area (Å²) in [6.45, 7) is 1.45. The first kappa shape index (κ1) is 29.1. The molecule has 3 rings (SSSR count). The Kier molecular flexibility index (Phi) is 10.1. The van der Waals surface area contributed by atoms with Crippen molar-refractivity contribution in [2.24, 2.45) is 0 Å². The van der Waals surface area contributed by atoms with Gasteiger partial charge in [0, 0.05) is 17.6 Å². The van der Waals surface area contributed by atoms with Gasteiger partial charge in [-0.25, -0.2) is 8.42 Å². The number of sulfonamides is 1. The van der Waals surface area contributed by atoms with Crippen molar-refractivity contribution in [1.82, 2.24) is 10.2 Å². The summed E-state index contributed by atoms with van der Waals surface area (Å²) in [5.74, 6) is -0.375. The minimum Gasteiger partial charge on any atom is -0.495 e. The van der Waals surface area contributed by atoms with Crippen molar-refractivity contribution in [3.8, 4) is 5.75 Å². The predicted molar refractivity (Wildman–Crippen MR) is 147 cm³/mol. The lowest BCUT2D eigenvalue weighted by Gasteiger charge is -2.33. The zero-order valence-corrected chi connectivity index (χ0v) is 23.6. The van der Waals surface area contributed by atoms with Gasteiger partial charge in [0.1, 0.15) is 18.3 Å². The third-order valence-corrected chi connectivity index (χ3v) is 8.14. The maximum atomic E-state index is 13.8. The number of carbonyl (C=O) groups is 2. The van der Waals surface area contributed by atoms with Crippen LogP contribution in [0.2, 0.25) is 10.0 Å². The Hall–Kier alpha value is -2.49. The molecule has 2 aromatic rings. The normalized spacial score (nSPS) is 14.7. The van der Waals surface area contributed by atoms with Gasteiger partial charge in [-0.15, -0.1) is 0 Å². The van der Waals surface area contributed by atoms with E-state index in [2.05, 4.69) is 5.32 Å². The molecular formula is C26H33Cl2N3O5S. The Labute approximate surface area is 228 Å². The van der Waals surface area contributed by atoms with Crippen molar-refractivity contribution in [3.63, 3.8) is 0 Å². The highest BCUT2D eigenvalue weighted by molar-refractivity contribution is 7.92. The minimum absolute atomic E-state index is 0.0861. The topological polar surface area (TPSA) is 96.0 Å². The molecule has 1 atom stereocenters. The first-order chi connectivity index (χ1) is 17.5. The average molecular weight is 571 g/mol. The molecule has 0 unspecified atom stereocenters. The SMILES string of the molecule is CC[C@@H](C(=O)NC1CCCC1)N(Cc1ccc(Cl)cc1)C(=O)CN(c1ccc(OC)c(Cl)c1)S(C)(=O)=O. The zero-order chi connectivity index (χ0) is 27.2. The van der Waals surface area contributed by atoms with Crippen LogP contribution in [0.4, 0.5) is 5.69 Å². The molecule has 0 spiro atoms. The van der Waals surface area contributed by atoms with E-state index in [1.165, 1.54) is 30.2 Å². The second-order valence-electron chi connectivity index (χ2n) is 9.15. The number of benzene rings is 2. The van der Waals surface area contributed by atoms with E-state index in [-0.39, 0.29) is 29.2 Å². The van der Waals surface area contributed by atoms with Crippen LogP contribution in [0.15, 0.2) is 42.5 Å². The van der Waals surface area contributed by atoms with Crippen LogP contribution in [0.1, 0.15) is 44.6 Å². The molecule has 11 heteroatoms. The van der Waals surface area contributed by atoms with E-state index in [1.807, 2.05) is 6.92 Å². The van der Waals surface area contributed by atoms with Crippen molar-refractivity contribution in [1.29, 1.82) is 0 Å². The number of nitrogens with zero attached hydrogens (tertiary/aromatic N) is 2. The first-order valence-electron chi connectivity index (χ1n) is 12.2. The third kappa shape index (κ3) is 7.75. The summed E-state index contributed by atoms with van der Waals surface area (Å²) in [6.07, 6.45) is 5.32. The van der Waals surface area contributed by atoms with Crippen LogP contribution in [0.3, 0.4) is 0 Å². The summed E-state index contributed by atoms with van der Waals surface area (Å²) >= 11 is 12.3. The van der Waals surface area contributed by atoms with Gasteiger partial charge < -0.3 is 15.0 Å². The molecular weight excluding hydrogens is 537 g/mol. The Morgan fingerprint density at radius 3 is 2.30 bits per heavy atom. The third-order valence-electron chi connectivity index (χ3n) is 6.46. The molecule has 0 aliphatic heterocycles. The van der Waals surface area contributed by atoms with Gasteiger partial charge in [0.15, 0.2) is 0 Å². The molecule has 2 aromatic carbocycles. The number of anilines is 1. The largest absolute Gasteiger partial charge is 0.495 e. The Bertz CT molecular complexity index is 1200. The van der Waals surface area contributed by atoms with Crippen LogP contribution >= 0.6 is 23.2 Å². The van der Waals surface area contributed by atoms with Crippen LogP contribution in [-0.4, -0.2) is 57.1 Å². The van der Waals surface area contributed by atoms with E-state index in [1.54, 1.807) is 24.3 Å². The fourth-order valence-corrected chi connectivity index (χ4v) is 5.72. The molecule has 1 saturated carbocycles. The van der Waals surface area contributed by atoms with Gasteiger partial charge in [0.2, 0.25) is 21.8 Å². The molecule has 2 amide bonds. The van der Waals surface area contributed by atoms with Crippen LogP contribution in [0.25, 0.3) is 0 Å². The smallest absolute Gasteiger partial charge is 0.244 e. The highest BCUT2D eigenvalue weighted by Gasteiger charge is 2.33. The van der Waals surface area contributed by atoms with Crippen LogP contribution in [0.5, 0.6) is 5.75 Å². The minimum atomic E-state index is -3.86. The predicted octanol–water partition coefficient (Wildman–Crippen LogP) is 4.63. The highest BCUT2D eigenvalue weighted by Crippen LogP contribution is 2.30. The summed E-state index contributed by atoms with van der Waals surface area (Å²) in [6, 6.07) is 10.8. The molecule has 0 bridgehead atoms. The van der Waals surface area contributed by atoms with E-state index in [0.29, 0.717) is 17.2 Å². The van der Waals surface area contributed by atoms with Crippen LogP contribution < -0.4 is 14.4 Å². The summed E-state index contributed by atoms with van der Waals surface area (Å²) in [4.78, 5) is 28.5. The number of nitrogens with one attached hydrogen (secondary N) is 1. The summed E-state index contributed by atoms with van der Waals surface area (Å²) in [5.41, 5.74) is 0.986. The van der Waals surface area contributed by atoms with Crippen LogP contribution in [-0.2, 0) is 26.2 Å². The molecule has 0 heterocycles. The number of methoxy groups -OCH3 is 1. The molecule has 1 fully saturated rings. The van der Waals surface area contributed by atoms with Crippen molar-refractivity contribution < 1.29 is 22.7 Å². The Morgan fingerprint density at radius 1 is 1.11 bits per heavy atom. The van der Waals surface area contributed by atoms with E-state index in [9.17, 15) is 18.0 Å². The number of ether oxygens (including phenoxy) is 1. The van der Waals surface area contributed by atoms with Crippen LogP contribution in [0, 0.1) is 0 Å². The molecule has 1 aliphatic carbocycles. The number of carbonyl (C=O) groups excluding carboxylic acids is 2. The molecule has 1 N–H and O–H groups in total. The van der Waals surface area contributed by atoms with Crippen molar-refractivity contribution in [2.45, 2.75) is 57.7 Å². The fraction of sp³-hybridized carbons (Fsp3) is 0.462. The second kappa shape index (κ2) is 12.8.